The van der Waals surface area contributed by atoms with Crippen LogP contribution in [0.25, 0.3) is 98.2 Å². The number of fused-ring (bicyclic) bond motifs is 4. The van der Waals surface area contributed by atoms with Gasteiger partial charge >= 0.3 is 0 Å². The first kappa shape index (κ1) is 31.1. The molecule has 0 bridgehead atoms. The molecule has 53 heavy (non-hydrogen) atoms. The van der Waals surface area contributed by atoms with Gasteiger partial charge in [-0.2, -0.15) is 0 Å². The van der Waals surface area contributed by atoms with Crippen molar-refractivity contribution in [3.63, 3.8) is 0 Å². The van der Waals surface area contributed by atoms with Crippen LogP contribution in [0.4, 0.5) is 0 Å². The third-order valence-corrected chi connectivity index (χ3v) is 11.2. The zero-order chi connectivity index (χ0) is 35.1. The molecule has 248 valence electrons. The molecule has 0 radical (unpaired) electrons. The van der Waals surface area contributed by atoms with Crippen LogP contribution in [0.2, 0.25) is 0 Å². The quantitative estimate of drug-likeness (QED) is 0.173. The maximum Gasteiger partial charge on any atom is 0.160 e. The first-order valence-corrected chi connectivity index (χ1v) is 18.7. The van der Waals surface area contributed by atoms with Crippen LogP contribution in [0.5, 0.6) is 0 Å². The Hall–Kier alpha value is -6.68. The van der Waals surface area contributed by atoms with Gasteiger partial charge in [0.25, 0.3) is 0 Å². The number of rotatable bonds is 6. The Morgan fingerprint density at radius 2 is 0.868 bits per heavy atom. The molecule has 0 saturated heterocycles. The van der Waals surface area contributed by atoms with Crippen LogP contribution in [0.3, 0.4) is 0 Å². The Balaban J connectivity index is 1.22. The molecule has 2 aromatic heterocycles. The zero-order valence-corrected chi connectivity index (χ0v) is 29.6. The lowest BCUT2D eigenvalue weighted by Gasteiger charge is -2.15. The van der Waals surface area contributed by atoms with Crippen LogP contribution >= 0.6 is 11.3 Å². The summed E-state index contributed by atoms with van der Waals surface area (Å²) in [7, 11) is 0. The molecule has 2 nitrogen and oxygen atoms in total. The van der Waals surface area contributed by atoms with Crippen molar-refractivity contribution in [2.75, 3.05) is 0 Å². The Labute approximate surface area is 312 Å². The average molecular weight is 693 g/mol. The number of benzene rings is 8. The molecular weight excluding hydrogens is 661 g/mol. The third-order valence-electron chi connectivity index (χ3n) is 10.1. The van der Waals surface area contributed by atoms with E-state index in [0.717, 1.165) is 44.8 Å². The van der Waals surface area contributed by atoms with Gasteiger partial charge in [0, 0.05) is 36.9 Å². The van der Waals surface area contributed by atoms with Crippen LogP contribution in [0, 0.1) is 0 Å². The molecule has 0 aliphatic heterocycles. The summed E-state index contributed by atoms with van der Waals surface area (Å²) in [6, 6.07) is 69.3. The van der Waals surface area contributed by atoms with Gasteiger partial charge in [-0.05, 0) is 86.6 Å². The van der Waals surface area contributed by atoms with E-state index >= 15 is 0 Å². The van der Waals surface area contributed by atoms with Gasteiger partial charge in [-0.1, -0.05) is 152 Å². The van der Waals surface area contributed by atoms with Crippen LogP contribution in [0.15, 0.2) is 194 Å². The molecule has 10 aromatic rings. The van der Waals surface area contributed by atoms with Crippen LogP contribution in [0.1, 0.15) is 0 Å². The maximum atomic E-state index is 5.26. The maximum absolute atomic E-state index is 5.26. The molecule has 3 heteroatoms. The fraction of sp³-hybridized carbons (Fsp3) is 0. The standard InChI is InChI=1S/C50H32N2S/c1-3-15-34(16-4-1)45-32-46(52-50(51-45)35-17-5-2-6-18-35)40-30-38(36-20-11-21-37(28-36)42-24-12-19-33-14-7-8-22-41(33)42)29-39(31-40)43-25-13-27-48-49(43)44-23-9-10-26-47(44)53-48/h1-32H. The summed E-state index contributed by atoms with van der Waals surface area (Å²) < 4.78 is 2.58. The predicted octanol–water partition coefficient (Wildman–Crippen LogP) is 14.0. The summed E-state index contributed by atoms with van der Waals surface area (Å²) in [6.07, 6.45) is 0. The number of nitrogens with zero attached hydrogens (tertiary/aromatic N) is 2. The largest absolute Gasteiger partial charge is 0.228 e. The summed E-state index contributed by atoms with van der Waals surface area (Å²) in [5.74, 6) is 0.706. The molecule has 10 rings (SSSR count). The second kappa shape index (κ2) is 13.1. The lowest BCUT2D eigenvalue weighted by atomic mass is 9.91. The predicted molar refractivity (Wildman–Crippen MR) is 225 cm³/mol. The fourth-order valence-corrected chi connectivity index (χ4v) is 8.66. The zero-order valence-electron chi connectivity index (χ0n) is 28.8. The van der Waals surface area contributed by atoms with E-state index in [1.54, 1.807) is 0 Å². The van der Waals surface area contributed by atoms with E-state index < -0.39 is 0 Å². The van der Waals surface area contributed by atoms with Crippen molar-refractivity contribution in [3.8, 4) is 67.3 Å². The van der Waals surface area contributed by atoms with E-state index in [1.165, 1.54) is 47.6 Å². The molecule has 0 fully saturated rings. The summed E-state index contributed by atoms with van der Waals surface area (Å²) >= 11 is 1.85. The highest BCUT2D eigenvalue weighted by Gasteiger charge is 2.17. The van der Waals surface area contributed by atoms with Crippen molar-refractivity contribution >= 4 is 42.3 Å². The van der Waals surface area contributed by atoms with Crippen molar-refractivity contribution in [3.05, 3.63) is 194 Å². The molecule has 0 atom stereocenters. The summed E-state index contributed by atoms with van der Waals surface area (Å²) in [5.41, 5.74) is 11.9. The Morgan fingerprint density at radius 1 is 0.321 bits per heavy atom. The van der Waals surface area contributed by atoms with E-state index in [0.29, 0.717) is 5.82 Å². The molecular formula is C50H32N2S. The summed E-state index contributed by atoms with van der Waals surface area (Å²) in [5, 5.41) is 5.06. The van der Waals surface area contributed by atoms with Gasteiger partial charge in [-0.25, -0.2) is 9.97 Å². The number of thiophene rings is 1. The van der Waals surface area contributed by atoms with Gasteiger partial charge in [0.15, 0.2) is 5.82 Å². The normalized spacial score (nSPS) is 11.4. The molecule has 0 aliphatic rings. The number of hydrogen-bond donors (Lipinski definition) is 0. The van der Waals surface area contributed by atoms with Gasteiger partial charge < -0.3 is 0 Å². The van der Waals surface area contributed by atoms with E-state index in [-0.39, 0.29) is 0 Å². The summed E-state index contributed by atoms with van der Waals surface area (Å²) in [6.45, 7) is 0. The van der Waals surface area contributed by atoms with E-state index in [2.05, 4.69) is 170 Å². The second-order valence-electron chi connectivity index (χ2n) is 13.4. The first-order chi connectivity index (χ1) is 26.2. The smallest absolute Gasteiger partial charge is 0.160 e. The van der Waals surface area contributed by atoms with Crippen molar-refractivity contribution in [1.29, 1.82) is 0 Å². The molecule has 2 heterocycles. The Kier molecular flexibility index (Phi) is 7.71. The lowest BCUT2D eigenvalue weighted by molar-refractivity contribution is 1.18. The van der Waals surface area contributed by atoms with E-state index in [9.17, 15) is 0 Å². The SMILES string of the molecule is c1ccc(-c2cc(-c3cc(-c4cccc(-c5cccc6ccccc56)c4)cc(-c4cccc5sc6ccccc6c45)c3)nc(-c3ccccc3)n2)cc1. The number of hydrogen-bond acceptors (Lipinski definition) is 3. The van der Waals surface area contributed by atoms with Crippen LogP contribution in [-0.4, -0.2) is 9.97 Å². The molecule has 0 spiro atoms. The van der Waals surface area contributed by atoms with Crippen molar-refractivity contribution < 1.29 is 0 Å². The minimum absolute atomic E-state index is 0.706. The lowest BCUT2D eigenvalue weighted by Crippen LogP contribution is -1.96. The topological polar surface area (TPSA) is 25.8 Å². The second-order valence-corrected chi connectivity index (χ2v) is 14.5. The van der Waals surface area contributed by atoms with Crippen molar-refractivity contribution in [2.24, 2.45) is 0 Å². The third kappa shape index (κ3) is 5.78. The molecule has 0 aliphatic carbocycles. The molecule has 0 N–H and O–H groups in total. The van der Waals surface area contributed by atoms with Crippen LogP contribution in [-0.2, 0) is 0 Å². The highest BCUT2D eigenvalue weighted by Crippen LogP contribution is 2.43. The molecule has 0 unspecified atom stereocenters. The number of aromatic nitrogens is 2. The summed E-state index contributed by atoms with van der Waals surface area (Å²) in [4.78, 5) is 10.4. The van der Waals surface area contributed by atoms with E-state index in [1.807, 2.05) is 35.6 Å². The average Bonchev–Trinajstić information content (AvgIpc) is 3.63. The van der Waals surface area contributed by atoms with Gasteiger partial charge in [0.05, 0.1) is 11.4 Å². The Morgan fingerprint density at radius 3 is 1.72 bits per heavy atom. The van der Waals surface area contributed by atoms with Crippen molar-refractivity contribution in [1.82, 2.24) is 9.97 Å². The van der Waals surface area contributed by atoms with Crippen LogP contribution < -0.4 is 0 Å². The highest BCUT2D eigenvalue weighted by atomic mass is 32.1. The van der Waals surface area contributed by atoms with Gasteiger partial charge in [0.1, 0.15) is 0 Å². The Bertz CT molecular complexity index is 2880. The first-order valence-electron chi connectivity index (χ1n) is 17.9. The monoisotopic (exact) mass is 692 g/mol. The molecule has 8 aromatic carbocycles. The van der Waals surface area contributed by atoms with Gasteiger partial charge in [-0.3, -0.25) is 0 Å². The van der Waals surface area contributed by atoms with E-state index in [4.69, 9.17) is 9.97 Å². The molecule has 0 amide bonds. The van der Waals surface area contributed by atoms with Crippen molar-refractivity contribution in [2.45, 2.75) is 0 Å². The molecule has 0 saturated carbocycles. The minimum Gasteiger partial charge on any atom is -0.228 e. The fourth-order valence-electron chi connectivity index (χ4n) is 7.52. The minimum atomic E-state index is 0.706. The van der Waals surface area contributed by atoms with Gasteiger partial charge in [-0.15, -0.1) is 11.3 Å². The van der Waals surface area contributed by atoms with Gasteiger partial charge in [0.2, 0.25) is 0 Å². The highest BCUT2D eigenvalue weighted by molar-refractivity contribution is 7.25.